The van der Waals surface area contributed by atoms with Gasteiger partial charge in [-0.05, 0) is 32.2 Å². The first-order chi connectivity index (χ1) is 9.15. The summed E-state index contributed by atoms with van der Waals surface area (Å²) in [7, 11) is 0. The zero-order valence-corrected chi connectivity index (χ0v) is 12.2. The van der Waals surface area contributed by atoms with E-state index in [1.807, 2.05) is 44.4 Å². The number of hydrogen-bond acceptors (Lipinski definition) is 5. The van der Waals surface area contributed by atoms with Gasteiger partial charge in [0.25, 0.3) is 0 Å². The molecule has 0 saturated heterocycles. The van der Waals surface area contributed by atoms with E-state index in [1.165, 1.54) is 0 Å². The molecular weight excluding hydrogens is 258 g/mol. The molecule has 0 saturated carbocycles. The topological polar surface area (TPSA) is 58.0 Å². The normalized spacial score (nSPS) is 14.3. The summed E-state index contributed by atoms with van der Waals surface area (Å²) in [6.07, 6.45) is 2.00. The molecule has 102 valence electrons. The molecule has 0 amide bonds. The Morgan fingerprint density at radius 1 is 1.26 bits per heavy atom. The maximum Gasteiger partial charge on any atom is 0.148 e. The molecule has 5 heteroatoms. The third-order valence-corrected chi connectivity index (χ3v) is 4.31. The number of rotatable bonds is 5. The molecule has 2 N–H and O–H groups in total. The Kier molecular flexibility index (Phi) is 4.61. The van der Waals surface area contributed by atoms with Crippen molar-refractivity contribution in [2.45, 2.75) is 25.1 Å². The van der Waals surface area contributed by atoms with Crippen LogP contribution < -0.4 is 5.32 Å². The summed E-state index contributed by atoms with van der Waals surface area (Å²) < 4.78 is 0. The highest BCUT2D eigenvalue weighted by Gasteiger charge is 2.16. The lowest BCUT2D eigenvalue weighted by atomic mass is 10.2. The first-order valence-electron chi connectivity index (χ1n) is 6.29. The van der Waals surface area contributed by atoms with Crippen molar-refractivity contribution in [3.05, 3.63) is 30.0 Å². The van der Waals surface area contributed by atoms with Crippen molar-refractivity contribution in [2.75, 3.05) is 18.2 Å². The molecule has 2 aromatic rings. The lowest BCUT2D eigenvalue weighted by Crippen LogP contribution is -2.31. The predicted molar refractivity (Wildman–Crippen MR) is 81.7 cm³/mol. The molecule has 0 aliphatic rings. The van der Waals surface area contributed by atoms with Gasteiger partial charge in [0.15, 0.2) is 0 Å². The third-order valence-electron chi connectivity index (χ3n) is 3.15. The van der Waals surface area contributed by atoms with Crippen molar-refractivity contribution in [2.24, 2.45) is 0 Å². The van der Waals surface area contributed by atoms with E-state index in [1.54, 1.807) is 11.8 Å². The van der Waals surface area contributed by atoms with E-state index < -0.39 is 0 Å². The monoisotopic (exact) mass is 277 g/mol. The molecule has 1 heterocycles. The fraction of sp³-hybridized carbons (Fsp3) is 0.429. The van der Waals surface area contributed by atoms with Gasteiger partial charge in [0, 0.05) is 11.3 Å². The van der Waals surface area contributed by atoms with Crippen LogP contribution in [0.4, 0.5) is 5.82 Å². The van der Waals surface area contributed by atoms with E-state index in [4.69, 9.17) is 0 Å². The van der Waals surface area contributed by atoms with Crippen LogP contribution in [0.15, 0.2) is 24.3 Å². The van der Waals surface area contributed by atoms with Gasteiger partial charge in [-0.3, -0.25) is 0 Å². The molecule has 0 spiro atoms. The van der Waals surface area contributed by atoms with Crippen molar-refractivity contribution < 1.29 is 5.11 Å². The van der Waals surface area contributed by atoms with Gasteiger partial charge >= 0.3 is 0 Å². The number of thioether (sulfide) groups is 1. The Balaban J connectivity index is 2.27. The zero-order valence-electron chi connectivity index (χ0n) is 11.4. The lowest BCUT2D eigenvalue weighted by Gasteiger charge is -2.22. The number of aromatic nitrogens is 2. The number of benzene rings is 1. The fourth-order valence-electron chi connectivity index (χ4n) is 1.97. The first-order valence-corrected chi connectivity index (χ1v) is 7.58. The zero-order chi connectivity index (χ0) is 13.8. The van der Waals surface area contributed by atoms with E-state index in [0.29, 0.717) is 0 Å². The van der Waals surface area contributed by atoms with Gasteiger partial charge < -0.3 is 10.4 Å². The molecule has 2 unspecified atom stereocenters. The van der Waals surface area contributed by atoms with Crippen LogP contribution >= 0.6 is 11.8 Å². The summed E-state index contributed by atoms with van der Waals surface area (Å²) in [5.74, 6) is 0.790. The number of fused-ring (bicyclic) bond motifs is 1. The fourth-order valence-corrected chi connectivity index (χ4v) is 2.60. The van der Waals surface area contributed by atoms with E-state index in [0.717, 1.165) is 22.5 Å². The summed E-state index contributed by atoms with van der Waals surface area (Å²) in [6.45, 7) is 4.14. The van der Waals surface area contributed by atoms with Crippen LogP contribution in [0.3, 0.4) is 0 Å². The molecule has 1 aromatic carbocycles. The molecule has 2 atom stereocenters. The van der Waals surface area contributed by atoms with Gasteiger partial charge in [-0.2, -0.15) is 11.8 Å². The van der Waals surface area contributed by atoms with Crippen LogP contribution in [0.1, 0.15) is 12.6 Å². The number of aliphatic hydroxyl groups excluding tert-OH is 1. The highest BCUT2D eigenvalue weighted by atomic mass is 32.2. The molecule has 0 radical (unpaired) electrons. The molecule has 2 rings (SSSR count). The third kappa shape index (κ3) is 3.16. The predicted octanol–water partition coefficient (Wildman–Crippen LogP) is 2.46. The van der Waals surface area contributed by atoms with Crippen LogP contribution in [-0.4, -0.2) is 39.2 Å². The minimum atomic E-state index is 0.133. The van der Waals surface area contributed by atoms with Crippen LogP contribution in [0.5, 0.6) is 0 Å². The van der Waals surface area contributed by atoms with Gasteiger partial charge in [-0.15, -0.1) is 0 Å². The molecule has 0 aliphatic carbocycles. The number of nitrogens with zero attached hydrogens (tertiary/aromatic N) is 2. The molecule has 4 nitrogen and oxygen atoms in total. The summed E-state index contributed by atoms with van der Waals surface area (Å²) in [5.41, 5.74) is 2.66. The van der Waals surface area contributed by atoms with Gasteiger partial charge in [-0.1, -0.05) is 12.1 Å². The Labute approximate surface area is 117 Å². The van der Waals surface area contributed by atoms with Gasteiger partial charge in [0.05, 0.1) is 23.3 Å². The second-order valence-electron chi connectivity index (χ2n) is 4.54. The van der Waals surface area contributed by atoms with Crippen molar-refractivity contribution in [3.8, 4) is 0 Å². The van der Waals surface area contributed by atoms with E-state index >= 15 is 0 Å². The second-order valence-corrected chi connectivity index (χ2v) is 5.61. The highest BCUT2D eigenvalue weighted by Crippen LogP contribution is 2.19. The molecule has 0 aliphatic heterocycles. The van der Waals surface area contributed by atoms with Gasteiger partial charge in [-0.25, -0.2) is 9.97 Å². The standard InChI is InChI=1S/C14H19N3OS/c1-9(13(8-18)19-3)16-14-10(2)15-11-6-4-5-7-12(11)17-14/h4-7,9,13,18H,8H2,1-3H3,(H,16,17). The Bertz CT molecular complexity index is 557. The number of hydrogen-bond donors (Lipinski definition) is 2. The Morgan fingerprint density at radius 2 is 1.89 bits per heavy atom. The maximum absolute atomic E-state index is 9.32. The Hall–Kier alpha value is -1.33. The summed E-state index contributed by atoms with van der Waals surface area (Å²) in [4.78, 5) is 9.15. The van der Waals surface area contributed by atoms with Crippen molar-refractivity contribution in [1.82, 2.24) is 9.97 Å². The summed E-state index contributed by atoms with van der Waals surface area (Å²) in [6, 6.07) is 7.96. The SMILES string of the molecule is CSC(CO)C(C)Nc1nc2ccccc2nc1C. The summed E-state index contributed by atoms with van der Waals surface area (Å²) >= 11 is 1.65. The largest absolute Gasteiger partial charge is 0.395 e. The van der Waals surface area contributed by atoms with Gasteiger partial charge in [0.1, 0.15) is 5.82 Å². The van der Waals surface area contributed by atoms with Crippen molar-refractivity contribution in [1.29, 1.82) is 0 Å². The van der Waals surface area contributed by atoms with Crippen LogP contribution in [0.25, 0.3) is 11.0 Å². The first kappa shape index (κ1) is 14.1. The van der Waals surface area contributed by atoms with Crippen LogP contribution in [-0.2, 0) is 0 Å². The maximum atomic E-state index is 9.32. The number of para-hydroxylation sites is 2. The number of anilines is 1. The van der Waals surface area contributed by atoms with Crippen LogP contribution in [0, 0.1) is 6.92 Å². The number of aryl methyl sites for hydroxylation is 1. The van der Waals surface area contributed by atoms with E-state index in [2.05, 4.69) is 15.3 Å². The minimum Gasteiger partial charge on any atom is -0.395 e. The van der Waals surface area contributed by atoms with E-state index in [-0.39, 0.29) is 17.9 Å². The van der Waals surface area contributed by atoms with Crippen LogP contribution in [0.2, 0.25) is 0 Å². The quantitative estimate of drug-likeness (QED) is 0.879. The average Bonchev–Trinajstić information content (AvgIpc) is 2.41. The minimum absolute atomic E-state index is 0.133. The van der Waals surface area contributed by atoms with Gasteiger partial charge in [0.2, 0.25) is 0 Å². The van der Waals surface area contributed by atoms with Crippen molar-refractivity contribution in [3.63, 3.8) is 0 Å². The molecule has 1 aromatic heterocycles. The molecule has 0 fully saturated rings. The summed E-state index contributed by atoms with van der Waals surface area (Å²) in [5, 5.41) is 12.8. The van der Waals surface area contributed by atoms with E-state index in [9.17, 15) is 5.11 Å². The number of aliphatic hydroxyl groups is 1. The average molecular weight is 277 g/mol. The number of nitrogens with one attached hydrogen (secondary N) is 1. The lowest BCUT2D eigenvalue weighted by molar-refractivity contribution is 0.288. The molecule has 19 heavy (non-hydrogen) atoms. The molecular formula is C14H19N3OS. The highest BCUT2D eigenvalue weighted by molar-refractivity contribution is 7.99. The second kappa shape index (κ2) is 6.21. The van der Waals surface area contributed by atoms with Crippen molar-refractivity contribution >= 4 is 28.6 Å². The smallest absolute Gasteiger partial charge is 0.148 e. The molecule has 0 bridgehead atoms. The Morgan fingerprint density at radius 3 is 2.47 bits per heavy atom.